The smallest absolute Gasteiger partial charge is 0.0546 e. The minimum atomic E-state index is 0.469. The van der Waals surface area contributed by atoms with Gasteiger partial charge in [-0.1, -0.05) is 26.2 Å². The Kier molecular flexibility index (Phi) is 7.04. The zero-order valence-corrected chi connectivity index (χ0v) is 7.52. The van der Waals surface area contributed by atoms with E-state index in [2.05, 4.69) is 20.8 Å². The van der Waals surface area contributed by atoms with Crippen LogP contribution in [0.5, 0.6) is 0 Å². The third-order valence-corrected chi connectivity index (χ3v) is 1.67. The van der Waals surface area contributed by atoms with Crippen LogP contribution in [0.15, 0.2) is 0 Å². The van der Waals surface area contributed by atoms with Crippen LogP contribution < -0.4 is 0 Å². The van der Waals surface area contributed by atoms with Crippen LogP contribution in [-0.4, -0.2) is 12.7 Å². The maximum Gasteiger partial charge on any atom is 0.0546 e. The fraction of sp³-hybridized carbons (Fsp3) is 1.00. The highest BCUT2D eigenvalue weighted by Gasteiger charge is 1.98. The van der Waals surface area contributed by atoms with Crippen molar-refractivity contribution >= 4 is 0 Å². The lowest BCUT2D eigenvalue weighted by Gasteiger charge is -2.09. The Morgan fingerprint density at radius 1 is 1.20 bits per heavy atom. The van der Waals surface area contributed by atoms with E-state index in [1.165, 1.54) is 25.7 Å². The number of hydrogen-bond donors (Lipinski definition) is 0. The van der Waals surface area contributed by atoms with Crippen molar-refractivity contribution in [3.05, 3.63) is 0 Å². The molecule has 1 heteroatoms. The van der Waals surface area contributed by atoms with Gasteiger partial charge in [-0.05, 0) is 20.3 Å². The van der Waals surface area contributed by atoms with Crippen molar-refractivity contribution in [2.24, 2.45) is 0 Å². The molecular weight excluding hydrogens is 124 g/mol. The highest BCUT2D eigenvalue weighted by molar-refractivity contribution is 4.49. The summed E-state index contributed by atoms with van der Waals surface area (Å²) in [4.78, 5) is 0. The number of rotatable bonds is 6. The highest BCUT2D eigenvalue weighted by atomic mass is 16.5. The average molecular weight is 144 g/mol. The predicted octanol–water partition coefficient (Wildman–Crippen LogP) is 2.99. The zero-order valence-electron chi connectivity index (χ0n) is 7.52. The lowest BCUT2D eigenvalue weighted by Crippen LogP contribution is -2.06. The number of hydrogen-bond acceptors (Lipinski definition) is 1. The van der Waals surface area contributed by atoms with Crippen LogP contribution in [0.3, 0.4) is 0 Å². The van der Waals surface area contributed by atoms with E-state index < -0.39 is 0 Å². The number of ether oxygens (including phenoxy) is 1. The Morgan fingerprint density at radius 2 is 1.90 bits per heavy atom. The van der Waals surface area contributed by atoms with Crippen LogP contribution in [0.2, 0.25) is 0 Å². The summed E-state index contributed by atoms with van der Waals surface area (Å²) in [5, 5.41) is 0. The molecule has 0 aliphatic carbocycles. The molecule has 0 fully saturated rings. The molecule has 0 rings (SSSR count). The van der Waals surface area contributed by atoms with E-state index in [0.717, 1.165) is 6.61 Å². The summed E-state index contributed by atoms with van der Waals surface area (Å²) in [6.45, 7) is 7.29. The molecule has 0 N–H and O–H groups in total. The molecule has 1 unspecified atom stereocenters. The molecule has 0 saturated heterocycles. The molecule has 0 aliphatic rings. The van der Waals surface area contributed by atoms with E-state index in [1.54, 1.807) is 0 Å². The summed E-state index contributed by atoms with van der Waals surface area (Å²) in [5.74, 6) is 0. The first kappa shape index (κ1) is 9.96. The zero-order chi connectivity index (χ0) is 7.82. The quantitative estimate of drug-likeness (QED) is 0.521. The van der Waals surface area contributed by atoms with Gasteiger partial charge in [0.05, 0.1) is 6.10 Å². The van der Waals surface area contributed by atoms with Crippen molar-refractivity contribution in [1.82, 2.24) is 0 Å². The topological polar surface area (TPSA) is 9.23 Å². The fourth-order valence-electron chi connectivity index (χ4n) is 1.05. The van der Waals surface area contributed by atoms with E-state index in [-0.39, 0.29) is 0 Å². The van der Waals surface area contributed by atoms with Gasteiger partial charge in [0.25, 0.3) is 0 Å². The van der Waals surface area contributed by atoms with Gasteiger partial charge in [-0.15, -0.1) is 0 Å². The minimum Gasteiger partial charge on any atom is -0.379 e. The fourth-order valence-corrected chi connectivity index (χ4v) is 1.05. The van der Waals surface area contributed by atoms with Gasteiger partial charge in [0, 0.05) is 6.61 Å². The van der Waals surface area contributed by atoms with Gasteiger partial charge in [-0.2, -0.15) is 0 Å². The monoisotopic (exact) mass is 144 g/mol. The van der Waals surface area contributed by atoms with Gasteiger partial charge >= 0.3 is 0 Å². The number of unbranched alkanes of at least 4 members (excludes halogenated alkanes) is 2. The van der Waals surface area contributed by atoms with Crippen molar-refractivity contribution in [1.29, 1.82) is 0 Å². The molecule has 0 aromatic carbocycles. The van der Waals surface area contributed by atoms with E-state index >= 15 is 0 Å². The molecule has 0 heterocycles. The Hall–Kier alpha value is -0.0400. The molecule has 0 spiro atoms. The van der Waals surface area contributed by atoms with Crippen molar-refractivity contribution in [3.8, 4) is 0 Å². The summed E-state index contributed by atoms with van der Waals surface area (Å²) >= 11 is 0. The van der Waals surface area contributed by atoms with Crippen LogP contribution in [-0.2, 0) is 4.74 Å². The summed E-state index contributed by atoms with van der Waals surface area (Å²) in [7, 11) is 0. The van der Waals surface area contributed by atoms with Gasteiger partial charge in [0.2, 0.25) is 0 Å². The van der Waals surface area contributed by atoms with E-state index in [4.69, 9.17) is 4.74 Å². The Bertz CT molecular complexity index is 61.7. The molecule has 0 amide bonds. The second-order valence-corrected chi connectivity index (χ2v) is 2.76. The van der Waals surface area contributed by atoms with Crippen LogP contribution in [0.4, 0.5) is 0 Å². The van der Waals surface area contributed by atoms with E-state index in [9.17, 15) is 0 Å². The predicted molar refractivity (Wildman–Crippen MR) is 45.2 cm³/mol. The molecule has 0 saturated carbocycles. The molecule has 1 nitrogen and oxygen atoms in total. The third-order valence-electron chi connectivity index (χ3n) is 1.67. The van der Waals surface area contributed by atoms with Crippen molar-refractivity contribution in [3.63, 3.8) is 0 Å². The standard InChI is InChI=1S/C9H20O/c1-4-6-7-8-9(3)10-5-2/h9H,4-8H2,1-3H3. The highest BCUT2D eigenvalue weighted by Crippen LogP contribution is 2.05. The lowest BCUT2D eigenvalue weighted by molar-refractivity contribution is 0.0685. The first-order chi connectivity index (χ1) is 4.81. The molecule has 10 heavy (non-hydrogen) atoms. The van der Waals surface area contributed by atoms with Crippen LogP contribution in [0, 0.1) is 0 Å². The molecule has 0 aliphatic heterocycles. The Morgan fingerprint density at radius 3 is 2.40 bits per heavy atom. The molecule has 0 aromatic rings. The van der Waals surface area contributed by atoms with E-state index in [1.807, 2.05) is 0 Å². The summed E-state index contributed by atoms with van der Waals surface area (Å²) in [6.07, 6.45) is 5.66. The molecule has 0 radical (unpaired) electrons. The van der Waals surface area contributed by atoms with Crippen LogP contribution >= 0.6 is 0 Å². The largest absolute Gasteiger partial charge is 0.379 e. The SMILES string of the molecule is CCCCCC(C)OCC. The second-order valence-electron chi connectivity index (χ2n) is 2.76. The molecular formula is C9H20O. The van der Waals surface area contributed by atoms with Crippen LogP contribution in [0.1, 0.15) is 46.5 Å². The second kappa shape index (κ2) is 7.07. The summed E-state index contributed by atoms with van der Waals surface area (Å²) < 4.78 is 5.39. The lowest BCUT2D eigenvalue weighted by atomic mass is 10.1. The molecule has 0 aromatic heterocycles. The van der Waals surface area contributed by atoms with Gasteiger partial charge in [0.1, 0.15) is 0 Å². The van der Waals surface area contributed by atoms with Gasteiger partial charge in [0.15, 0.2) is 0 Å². The Labute approximate surface area is 64.8 Å². The van der Waals surface area contributed by atoms with Gasteiger partial charge in [-0.3, -0.25) is 0 Å². The van der Waals surface area contributed by atoms with Crippen molar-refractivity contribution in [2.75, 3.05) is 6.61 Å². The van der Waals surface area contributed by atoms with Gasteiger partial charge < -0.3 is 4.74 Å². The van der Waals surface area contributed by atoms with Crippen molar-refractivity contribution < 1.29 is 4.74 Å². The summed E-state index contributed by atoms with van der Waals surface area (Å²) in [6, 6.07) is 0. The molecule has 62 valence electrons. The van der Waals surface area contributed by atoms with Crippen LogP contribution in [0.25, 0.3) is 0 Å². The minimum absolute atomic E-state index is 0.469. The van der Waals surface area contributed by atoms with Crippen molar-refractivity contribution in [2.45, 2.75) is 52.6 Å². The Balaban J connectivity index is 2.97. The first-order valence-electron chi connectivity index (χ1n) is 4.42. The third kappa shape index (κ3) is 6.09. The maximum absolute atomic E-state index is 5.39. The first-order valence-corrected chi connectivity index (χ1v) is 4.42. The molecule has 0 bridgehead atoms. The summed E-state index contributed by atoms with van der Waals surface area (Å²) in [5.41, 5.74) is 0. The van der Waals surface area contributed by atoms with E-state index in [0.29, 0.717) is 6.10 Å². The average Bonchev–Trinajstić information content (AvgIpc) is 1.89. The molecule has 1 atom stereocenters. The van der Waals surface area contributed by atoms with Gasteiger partial charge in [-0.25, -0.2) is 0 Å². The normalized spacial score (nSPS) is 13.5. The maximum atomic E-state index is 5.39.